The molecule has 1 aliphatic heterocycles. The van der Waals surface area contributed by atoms with Gasteiger partial charge in [-0.05, 0) is 44.5 Å². The van der Waals surface area contributed by atoms with Crippen molar-refractivity contribution in [3.63, 3.8) is 0 Å². The molecule has 2 aliphatic rings. The van der Waals surface area contributed by atoms with Crippen molar-refractivity contribution in [2.75, 3.05) is 27.2 Å². The van der Waals surface area contributed by atoms with E-state index in [1.807, 2.05) is 6.07 Å². The fraction of sp³-hybridized carbons (Fsp3) is 0.625. The molecular formula is C16H23FN2. The standard InChI is InChI=1S/C16H23FN2/c1-11-9-19(10-15(11)18(2)3)14-8-7-12-5-4-6-13(17)16(12)14/h4-6,11,14-15H,7-10H2,1-3H3/t11-,14?,15-/m0/s1. The molecule has 0 saturated carbocycles. The molecule has 19 heavy (non-hydrogen) atoms. The van der Waals surface area contributed by atoms with Gasteiger partial charge in [-0.2, -0.15) is 0 Å². The van der Waals surface area contributed by atoms with Crippen LogP contribution in [0.15, 0.2) is 18.2 Å². The summed E-state index contributed by atoms with van der Waals surface area (Å²) < 4.78 is 14.1. The van der Waals surface area contributed by atoms with Crippen LogP contribution in [0.1, 0.15) is 30.5 Å². The van der Waals surface area contributed by atoms with E-state index < -0.39 is 0 Å². The van der Waals surface area contributed by atoms with Crippen LogP contribution in [-0.2, 0) is 6.42 Å². The minimum absolute atomic E-state index is 0.0130. The smallest absolute Gasteiger partial charge is 0.128 e. The van der Waals surface area contributed by atoms with E-state index in [1.54, 1.807) is 6.07 Å². The zero-order valence-corrected chi connectivity index (χ0v) is 12.1. The third-order valence-electron chi connectivity index (χ3n) is 4.87. The number of hydrogen-bond acceptors (Lipinski definition) is 2. The molecule has 1 saturated heterocycles. The molecule has 0 bridgehead atoms. The Morgan fingerprint density at radius 1 is 1.26 bits per heavy atom. The van der Waals surface area contributed by atoms with Crippen LogP contribution in [0.25, 0.3) is 0 Å². The van der Waals surface area contributed by atoms with E-state index in [0.717, 1.165) is 31.5 Å². The quantitative estimate of drug-likeness (QED) is 0.808. The first kappa shape index (κ1) is 13.1. The van der Waals surface area contributed by atoms with Gasteiger partial charge in [0.1, 0.15) is 5.82 Å². The van der Waals surface area contributed by atoms with E-state index in [9.17, 15) is 4.39 Å². The molecule has 0 aromatic heterocycles. The van der Waals surface area contributed by atoms with Crippen molar-refractivity contribution >= 4 is 0 Å². The Morgan fingerprint density at radius 2 is 2.05 bits per heavy atom. The minimum Gasteiger partial charge on any atom is -0.305 e. The Hall–Kier alpha value is -0.930. The van der Waals surface area contributed by atoms with E-state index in [0.29, 0.717) is 18.0 Å². The largest absolute Gasteiger partial charge is 0.305 e. The number of likely N-dealkylation sites (N-methyl/N-ethyl adjacent to an activating group) is 1. The molecule has 1 heterocycles. The molecule has 1 fully saturated rings. The van der Waals surface area contributed by atoms with Crippen LogP contribution in [0.3, 0.4) is 0 Å². The molecule has 0 radical (unpaired) electrons. The van der Waals surface area contributed by atoms with Crippen LogP contribution in [0.5, 0.6) is 0 Å². The van der Waals surface area contributed by atoms with Crippen LogP contribution in [0, 0.1) is 11.7 Å². The highest BCUT2D eigenvalue weighted by Gasteiger charge is 2.38. The van der Waals surface area contributed by atoms with Gasteiger partial charge in [-0.15, -0.1) is 0 Å². The third kappa shape index (κ3) is 2.19. The molecule has 1 aromatic rings. The van der Waals surface area contributed by atoms with Gasteiger partial charge in [0.2, 0.25) is 0 Å². The lowest BCUT2D eigenvalue weighted by Gasteiger charge is -2.26. The Kier molecular flexibility index (Phi) is 3.35. The molecule has 0 N–H and O–H groups in total. The van der Waals surface area contributed by atoms with Gasteiger partial charge < -0.3 is 4.90 Å². The van der Waals surface area contributed by atoms with E-state index >= 15 is 0 Å². The van der Waals surface area contributed by atoms with Crippen molar-refractivity contribution in [1.82, 2.24) is 9.80 Å². The Labute approximate surface area is 115 Å². The molecule has 104 valence electrons. The summed E-state index contributed by atoms with van der Waals surface area (Å²) in [6.45, 7) is 4.45. The lowest BCUT2D eigenvalue weighted by molar-refractivity contribution is 0.213. The predicted molar refractivity (Wildman–Crippen MR) is 75.7 cm³/mol. The lowest BCUT2D eigenvalue weighted by Crippen LogP contribution is -2.35. The molecule has 3 atom stereocenters. The fourth-order valence-corrected chi connectivity index (χ4v) is 3.89. The van der Waals surface area contributed by atoms with Crippen molar-refractivity contribution in [2.45, 2.75) is 31.8 Å². The maximum Gasteiger partial charge on any atom is 0.128 e. The van der Waals surface area contributed by atoms with Crippen LogP contribution in [0.4, 0.5) is 4.39 Å². The van der Waals surface area contributed by atoms with Gasteiger partial charge in [0.15, 0.2) is 0 Å². The molecular weight excluding hydrogens is 239 g/mol. The van der Waals surface area contributed by atoms with Gasteiger partial charge in [-0.25, -0.2) is 4.39 Å². The normalized spacial score (nSPS) is 31.1. The number of hydrogen-bond donors (Lipinski definition) is 0. The second kappa shape index (κ2) is 4.88. The summed E-state index contributed by atoms with van der Waals surface area (Å²) in [5.74, 6) is 0.645. The molecule has 2 nitrogen and oxygen atoms in total. The molecule has 0 spiro atoms. The van der Waals surface area contributed by atoms with Crippen LogP contribution in [0.2, 0.25) is 0 Å². The number of aryl methyl sites for hydroxylation is 1. The van der Waals surface area contributed by atoms with Gasteiger partial charge in [0, 0.05) is 30.7 Å². The highest BCUT2D eigenvalue weighted by molar-refractivity contribution is 5.36. The summed E-state index contributed by atoms with van der Waals surface area (Å²) in [6.07, 6.45) is 2.10. The first-order valence-electron chi connectivity index (χ1n) is 7.25. The summed E-state index contributed by atoms with van der Waals surface area (Å²) in [6, 6.07) is 6.42. The number of nitrogens with zero attached hydrogens (tertiary/aromatic N) is 2. The van der Waals surface area contributed by atoms with Crippen molar-refractivity contribution in [2.24, 2.45) is 5.92 Å². The van der Waals surface area contributed by atoms with Crippen molar-refractivity contribution in [3.8, 4) is 0 Å². The average molecular weight is 262 g/mol. The second-order valence-corrected chi connectivity index (χ2v) is 6.33. The molecule has 0 amide bonds. The first-order chi connectivity index (χ1) is 9.08. The summed E-state index contributed by atoms with van der Waals surface area (Å²) in [5.41, 5.74) is 2.18. The maximum atomic E-state index is 14.1. The zero-order valence-electron chi connectivity index (χ0n) is 12.1. The SMILES string of the molecule is C[C@H]1CN(C2CCc3cccc(F)c32)C[C@@H]1N(C)C. The second-order valence-electron chi connectivity index (χ2n) is 6.33. The van der Waals surface area contributed by atoms with Gasteiger partial charge >= 0.3 is 0 Å². The summed E-state index contributed by atoms with van der Waals surface area (Å²) in [7, 11) is 4.29. The van der Waals surface area contributed by atoms with Crippen molar-refractivity contribution in [1.29, 1.82) is 0 Å². The number of likely N-dealkylation sites (tertiary alicyclic amines) is 1. The topological polar surface area (TPSA) is 6.48 Å². The van der Waals surface area contributed by atoms with Gasteiger partial charge in [-0.1, -0.05) is 19.1 Å². The van der Waals surface area contributed by atoms with E-state index in [4.69, 9.17) is 0 Å². The Morgan fingerprint density at radius 3 is 2.74 bits per heavy atom. The summed E-state index contributed by atoms with van der Waals surface area (Å²) in [4.78, 5) is 4.80. The number of benzene rings is 1. The van der Waals surface area contributed by atoms with Gasteiger partial charge in [-0.3, -0.25) is 4.90 Å². The fourth-order valence-electron chi connectivity index (χ4n) is 3.89. The summed E-state index contributed by atoms with van der Waals surface area (Å²) in [5, 5.41) is 0. The predicted octanol–water partition coefficient (Wildman–Crippen LogP) is 2.69. The Bertz CT molecular complexity index is 472. The molecule has 3 rings (SSSR count). The maximum absolute atomic E-state index is 14.1. The van der Waals surface area contributed by atoms with E-state index in [1.165, 1.54) is 5.56 Å². The molecule has 1 aliphatic carbocycles. The monoisotopic (exact) mass is 262 g/mol. The van der Waals surface area contributed by atoms with E-state index in [2.05, 4.69) is 36.9 Å². The van der Waals surface area contributed by atoms with Crippen LogP contribution < -0.4 is 0 Å². The minimum atomic E-state index is -0.0130. The van der Waals surface area contributed by atoms with Crippen molar-refractivity contribution < 1.29 is 4.39 Å². The highest BCUT2D eigenvalue weighted by Crippen LogP contribution is 2.40. The number of halogens is 1. The molecule has 3 heteroatoms. The molecule has 1 aromatic carbocycles. The van der Waals surface area contributed by atoms with Crippen molar-refractivity contribution in [3.05, 3.63) is 35.1 Å². The Balaban J connectivity index is 1.84. The lowest BCUT2D eigenvalue weighted by atomic mass is 10.1. The number of rotatable bonds is 2. The summed E-state index contributed by atoms with van der Waals surface area (Å²) >= 11 is 0. The third-order valence-corrected chi connectivity index (χ3v) is 4.87. The first-order valence-corrected chi connectivity index (χ1v) is 7.25. The van der Waals surface area contributed by atoms with E-state index in [-0.39, 0.29) is 5.82 Å². The van der Waals surface area contributed by atoms with Gasteiger partial charge in [0.25, 0.3) is 0 Å². The van der Waals surface area contributed by atoms with Gasteiger partial charge in [0.05, 0.1) is 0 Å². The van der Waals surface area contributed by atoms with Crippen LogP contribution in [-0.4, -0.2) is 43.0 Å². The van der Waals surface area contributed by atoms with Crippen LogP contribution >= 0.6 is 0 Å². The molecule has 1 unspecified atom stereocenters. The number of fused-ring (bicyclic) bond motifs is 1. The average Bonchev–Trinajstić information content (AvgIpc) is 2.93. The highest BCUT2D eigenvalue weighted by atomic mass is 19.1. The zero-order chi connectivity index (χ0) is 13.6.